The van der Waals surface area contributed by atoms with Crippen molar-refractivity contribution in [3.05, 3.63) is 33.1 Å². The standard InChI is InChI=1S/C20H23BrN2O2S2/c1-3-5-6-7-11-22-15-9-8-13(21)12-14(15)16(18(22)24)17-19(25)23(10-4-2)20(26)27-17/h8-9,12H,3-7,10-11H2,1-2H3. The zero-order chi connectivity index (χ0) is 19.6. The maximum absolute atomic E-state index is 13.3. The van der Waals surface area contributed by atoms with E-state index in [1.54, 1.807) is 4.90 Å². The number of halogens is 1. The van der Waals surface area contributed by atoms with Crippen LogP contribution in [-0.4, -0.2) is 34.1 Å². The molecule has 2 aliphatic rings. The Balaban J connectivity index is 1.99. The fraction of sp³-hybridized carbons (Fsp3) is 0.450. The van der Waals surface area contributed by atoms with E-state index in [9.17, 15) is 9.59 Å². The summed E-state index contributed by atoms with van der Waals surface area (Å²) in [4.78, 5) is 30.1. The average Bonchev–Trinajstić information content (AvgIpc) is 3.06. The van der Waals surface area contributed by atoms with Crippen molar-refractivity contribution in [1.82, 2.24) is 4.90 Å². The lowest BCUT2D eigenvalue weighted by Crippen LogP contribution is -2.30. The summed E-state index contributed by atoms with van der Waals surface area (Å²) in [6.45, 7) is 5.44. The third-order valence-electron chi connectivity index (χ3n) is 4.74. The van der Waals surface area contributed by atoms with Crippen molar-refractivity contribution in [3.8, 4) is 0 Å². The van der Waals surface area contributed by atoms with Gasteiger partial charge in [0.25, 0.3) is 11.8 Å². The van der Waals surface area contributed by atoms with Gasteiger partial charge in [-0.3, -0.25) is 14.5 Å². The van der Waals surface area contributed by atoms with E-state index in [1.807, 2.05) is 30.0 Å². The van der Waals surface area contributed by atoms with E-state index in [0.717, 1.165) is 47.8 Å². The van der Waals surface area contributed by atoms with Gasteiger partial charge in [0.15, 0.2) is 0 Å². The molecule has 27 heavy (non-hydrogen) atoms. The molecule has 0 N–H and O–H groups in total. The van der Waals surface area contributed by atoms with Crippen LogP contribution in [0.2, 0.25) is 0 Å². The summed E-state index contributed by atoms with van der Waals surface area (Å²) < 4.78 is 1.43. The van der Waals surface area contributed by atoms with E-state index in [0.29, 0.717) is 27.9 Å². The van der Waals surface area contributed by atoms with Gasteiger partial charge in [0.1, 0.15) is 4.32 Å². The van der Waals surface area contributed by atoms with Crippen molar-refractivity contribution in [3.63, 3.8) is 0 Å². The number of fused-ring (bicyclic) bond motifs is 1. The number of unbranched alkanes of at least 4 members (excludes halogenated alkanes) is 3. The molecular weight excluding hydrogens is 444 g/mol. The second kappa shape index (κ2) is 8.88. The Bertz CT molecular complexity index is 822. The van der Waals surface area contributed by atoms with Gasteiger partial charge in [-0.15, -0.1) is 0 Å². The van der Waals surface area contributed by atoms with Crippen molar-refractivity contribution < 1.29 is 9.59 Å². The lowest BCUT2D eigenvalue weighted by molar-refractivity contribution is -0.122. The van der Waals surface area contributed by atoms with Crippen LogP contribution in [0.15, 0.2) is 27.6 Å². The van der Waals surface area contributed by atoms with Crippen LogP contribution in [0.5, 0.6) is 0 Å². The normalized spacial score (nSPS) is 19.4. The molecule has 1 aromatic carbocycles. The van der Waals surface area contributed by atoms with E-state index < -0.39 is 0 Å². The highest BCUT2D eigenvalue weighted by Crippen LogP contribution is 2.45. The van der Waals surface area contributed by atoms with Crippen molar-refractivity contribution in [2.75, 3.05) is 18.0 Å². The van der Waals surface area contributed by atoms with E-state index >= 15 is 0 Å². The predicted octanol–water partition coefficient (Wildman–Crippen LogP) is 5.36. The molecule has 144 valence electrons. The van der Waals surface area contributed by atoms with Gasteiger partial charge < -0.3 is 4.90 Å². The van der Waals surface area contributed by atoms with Gasteiger partial charge in [-0.1, -0.05) is 73.0 Å². The monoisotopic (exact) mass is 466 g/mol. The predicted molar refractivity (Wildman–Crippen MR) is 120 cm³/mol. The van der Waals surface area contributed by atoms with Crippen LogP contribution in [0.3, 0.4) is 0 Å². The molecule has 3 rings (SSSR count). The van der Waals surface area contributed by atoms with Crippen LogP contribution in [0, 0.1) is 0 Å². The molecule has 2 heterocycles. The van der Waals surface area contributed by atoms with Crippen LogP contribution in [0.25, 0.3) is 5.57 Å². The van der Waals surface area contributed by atoms with Crippen molar-refractivity contribution >= 4 is 67.3 Å². The van der Waals surface area contributed by atoms with Gasteiger partial charge in [-0.25, -0.2) is 0 Å². The van der Waals surface area contributed by atoms with Crippen LogP contribution in [-0.2, 0) is 9.59 Å². The molecule has 4 nitrogen and oxygen atoms in total. The molecule has 1 fully saturated rings. The quantitative estimate of drug-likeness (QED) is 0.308. The number of hydrogen-bond acceptors (Lipinski definition) is 4. The molecule has 2 amide bonds. The van der Waals surface area contributed by atoms with Crippen molar-refractivity contribution in [2.24, 2.45) is 0 Å². The summed E-state index contributed by atoms with van der Waals surface area (Å²) in [5.74, 6) is -0.231. The highest BCUT2D eigenvalue weighted by molar-refractivity contribution is 9.10. The first-order chi connectivity index (χ1) is 13.0. The number of thioether (sulfide) groups is 1. The van der Waals surface area contributed by atoms with Gasteiger partial charge in [0.05, 0.1) is 16.2 Å². The largest absolute Gasteiger partial charge is 0.308 e. The summed E-state index contributed by atoms with van der Waals surface area (Å²) in [7, 11) is 0. The van der Waals surface area contributed by atoms with Gasteiger partial charge in [-0.05, 0) is 31.0 Å². The summed E-state index contributed by atoms with van der Waals surface area (Å²) >= 11 is 10.1. The second-order valence-electron chi connectivity index (χ2n) is 6.71. The maximum Gasteiger partial charge on any atom is 0.267 e. The minimum atomic E-state index is -0.144. The number of carbonyl (C=O) groups excluding carboxylic acids is 2. The van der Waals surface area contributed by atoms with Gasteiger partial charge >= 0.3 is 0 Å². The smallest absolute Gasteiger partial charge is 0.267 e. The Morgan fingerprint density at radius 1 is 1.00 bits per heavy atom. The molecular formula is C20H23BrN2O2S2. The van der Waals surface area contributed by atoms with E-state index in [4.69, 9.17) is 12.2 Å². The molecule has 0 aromatic heterocycles. The Morgan fingerprint density at radius 2 is 1.78 bits per heavy atom. The van der Waals surface area contributed by atoms with Crippen LogP contribution < -0.4 is 4.90 Å². The average molecular weight is 467 g/mol. The van der Waals surface area contributed by atoms with E-state index in [1.165, 1.54) is 11.8 Å². The summed E-state index contributed by atoms with van der Waals surface area (Å²) in [6, 6.07) is 5.83. The van der Waals surface area contributed by atoms with Crippen molar-refractivity contribution in [1.29, 1.82) is 0 Å². The minimum Gasteiger partial charge on any atom is -0.308 e. The Kier molecular flexibility index (Phi) is 6.76. The van der Waals surface area contributed by atoms with Crippen LogP contribution in [0.1, 0.15) is 51.5 Å². The molecule has 0 unspecified atom stereocenters. The zero-order valence-corrected chi connectivity index (χ0v) is 18.8. The van der Waals surface area contributed by atoms with Crippen molar-refractivity contribution in [2.45, 2.75) is 46.0 Å². The van der Waals surface area contributed by atoms with Crippen LogP contribution >= 0.6 is 39.9 Å². The molecule has 0 atom stereocenters. The van der Waals surface area contributed by atoms with Gasteiger partial charge in [-0.2, -0.15) is 0 Å². The number of rotatable bonds is 7. The third-order valence-corrected chi connectivity index (χ3v) is 6.68. The minimum absolute atomic E-state index is 0.0865. The molecule has 2 aliphatic heterocycles. The number of thiocarbonyl (C=S) groups is 1. The third kappa shape index (κ3) is 4.00. The zero-order valence-electron chi connectivity index (χ0n) is 15.6. The van der Waals surface area contributed by atoms with Gasteiger partial charge in [0, 0.05) is 23.1 Å². The fourth-order valence-electron chi connectivity index (χ4n) is 3.41. The number of carbonyl (C=O) groups is 2. The molecule has 0 spiro atoms. The lowest BCUT2D eigenvalue weighted by Gasteiger charge is -2.17. The van der Waals surface area contributed by atoms with E-state index in [2.05, 4.69) is 22.9 Å². The first-order valence-electron chi connectivity index (χ1n) is 9.39. The molecule has 0 saturated carbocycles. The Hall–Kier alpha value is -1.18. The first-order valence-corrected chi connectivity index (χ1v) is 11.4. The molecule has 7 heteroatoms. The highest BCUT2D eigenvalue weighted by atomic mass is 79.9. The first kappa shape index (κ1) is 20.6. The number of benzene rings is 1. The lowest BCUT2D eigenvalue weighted by atomic mass is 10.1. The van der Waals surface area contributed by atoms with Gasteiger partial charge in [0.2, 0.25) is 0 Å². The summed E-state index contributed by atoms with van der Waals surface area (Å²) in [6.07, 6.45) is 5.20. The number of anilines is 1. The van der Waals surface area contributed by atoms with E-state index in [-0.39, 0.29) is 11.8 Å². The highest BCUT2D eigenvalue weighted by Gasteiger charge is 2.41. The molecule has 0 bridgehead atoms. The molecule has 0 radical (unpaired) electrons. The SMILES string of the molecule is CCCCCCN1C(=O)C(=C2SC(=S)N(CCC)C2=O)c2cc(Br)ccc21. The fourth-order valence-corrected chi connectivity index (χ4v) is 5.15. The molecule has 1 aromatic rings. The number of nitrogens with zero attached hydrogens (tertiary/aromatic N) is 2. The number of amides is 2. The Morgan fingerprint density at radius 3 is 2.48 bits per heavy atom. The second-order valence-corrected chi connectivity index (χ2v) is 9.27. The topological polar surface area (TPSA) is 40.6 Å². The Labute approximate surface area is 178 Å². The van der Waals surface area contributed by atoms with Crippen LogP contribution in [0.4, 0.5) is 5.69 Å². The molecule has 1 saturated heterocycles. The maximum atomic E-state index is 13.3. The summed E-state index contributed by atoms with van der Waals surface area (Å²) in [5.41, 5.74) is 2.20. The summed E-state index contributed by atoms with van der Waals surface area (Å²) in [5, 5.41) is 0. The number of hydrogen-bond donors (Lipinski definition) is 0. The molecule has 0 aliphatic carbocycles.